The Morgan fingerprint density at radius 1 is 1.10 bits per heavy atom. The maximum atomic E-state index is 14.3. The van der Waals surface area contributed by atoms with Gasteiger partial charge in [0.15, 0.2) is 0 Å². The number of benzene rings is 2. The maximum absolute atomic E-state index is 14.3. The third kappa shape index (κ3) is 4.16. The molecule has 3 aromatic rings. The smallest absolute Gasteiger partial charge is 0.217 e. The average Bonchev–Trinajstić information content (AvgIpc) is 2.98. The molecule has 1 heterocycles. The molecule has 0 radical (unpaired) electrons. The van der Waals surface area contributed by atoms with Crippen LogP contribution >= 0.6 is 0 Å². The van der Waals surface area contributed by atoms with Crippen LogP contribution in [0.15, 0.2) is 36.4 Å². The summed E-state index contributed by atoms with van der Waals surface area (Å²) < 4.78 is 41.5. The summed E-state index contributed by atoms with van der Waals surface area (Å²) in [7, 11) is 0. The molecule has 3 nitrogen and oxygen atoms in total. The molecule has 6 heteroatoms. The van der Waals surface area contributed by atoms with E-state index in [4.69, 9.17) is 0 Å². The van der Waals surface area contributed by atoms with Crippen LogP contribution in [0.1, 0.15) is 38.2 Å². The van der Waals surface area contributed by atoms with Gasteiger partial charge in [-0.25, -0.2) is 13.2 Å². The van der Waals surface area contributed by atoms with E-state index in [-0.39, 0.29) is 23.3 Å². The van der Waals surface area contributed by atoms with E-state index in [1.54, 1.807) is 12.1 Å². The van der Waals surface area contributed by atoms with E-state index in [9.17, 15) is 18.0 Å². The van der Waals surface area contributed by atoms with Crippen molar-refractivity contribution in [1.29, 1.82) is 0 Å². The van der Waals surface area contributed by atoms with Crippen LogP contribution in [0.5, 0.6) is 0 Å². The normalized spacial score (nSPS) is 18.6. The van der Waals surface area contributed by atoms with Gasteiger partial charge < -0.3 is 10.3 Å². The van der Waals surface area contributed by atoms with Crippen molar-refractivity contribution in [3.05, 3.63) is 59.4 Å². The largest absolute Gasteiger partial charge is 0.354 e. The van der Waals surface area contributed by atoms with E-state index in [0.717, 1.165) is 42.9 Å². The third-order valence-electron chi connectivity index (χ3n) is 5.75. The second-order valence-electron chi connectivity index (χ2n) is 7.92. The topological polar surface area (TPSA) is 44.9 Å². The van der Waals surface area contributed by atoms with Crippen LogP contribution in [-0.4, -0.2) is 16.9 Å². The molecule has 1 aromatic heterocycles. The lowest BCUT2D eigenvalue weighted by atomic mass is 9.77. The molecule has 0 unspecified atom stereocenters. The van der Waals surface area contributed by atoms with E-state index in [0.29, 0.717) is 23.4 Å². The fourth-order valence-corrected chi connectivity index (χ4v) is 4.34. The number of H-pyrrole nitrogens is 1. The van der Waals surface area contributed by atoms with Gasteiger partial charge in [-0.15, -0.1) is 0 Å². The minimum absolute atomic E-state index is 0.000218. The van der Waals surface area contributed by atoms with Crippen LogP contribution < -0.4 is 5.32 Å². The van der Waals surface area contributed by atoms with Gasteiger partial charge in [0.1, 0.15) is 17.5 Å². The van der Waals surface area contributed by atoms with Crippen molar-refractivity contribution in [3.8, 4) is 11.3 Å². The number of aromatic amines is 1. The first-order valence-corrected chi connectivity index (χ1v) is 9.93. The molecule has 0 atom stereocenters. The predicted molar refractivity (Wildman–Crippen MR) is 107 cm³/mol. The van der Waals surface area contributed by atoms with Crippen LogP contribution in [-0.2, 0) is 11.2 Å². The zero-order valence-corrected chi connectivity index (χ0v) is 16.2. The molecule has 152 valence electrons. The number of nitrogens with one attached hydrogen (secondary N) is 2. The minimum Gasteiger partial charge on any atom is -0.354 e. The summed E-state index contributed by atoms with van der Waals surface area (Å²) in [6.45, 7) is 1.53. The van der Waals surface area contributed by atoms with Crippen LogP contribution in [0, 0.1) is 23.4 Å². The lowest BCUT2D eigenvalue weighted by molar-refractivity contribution is -0.120. The van der Waals surface area contributed by atoms with Crippen molar-refractivity contribution >= 4 is 16.8 Å². The van der Waals surface area contributed by atoms with Crippen molar-refractivity contribution in [2.24, 2.45) is 5.92 Å². The van der Waals surface area contributed by atoms with Gasteiger partial charge in [-0.05, 0) is 79.5 Å². The summed E-state index contributed by atoms with van der Waals surface area (Å²) in [4.78, 5) is 14.2. The first kappa shape index (κ1) is 19.6. The molecule has 2 aromatic carbocycles. The van der Waals surface area contributed by atoms with Gasteiger partial charge in [-0.2, -0.15) is 0 Å². The SMILES string of the molecule is CC(=O)NC1CC(CCCc2c(-c3ccc(F)cc3)[nH]c3c(F)cc(F)cc23)C1. The summed E-state index contributed by atoms with van der Waals surface area (Å²) in [5.41, 5.74) is 2.57. The Balaban J connectivity index is 1.54. The lowest BCUT2D eigenvalue weighted by Gasteiger charge is -2.35. The van der Waals surface area contributed by atoms with Gasteiger partial charge in [0.2, 0.25) is 5.91 Å². The highest BCUT2D eigenvalue weighted by Gasteiger charge is 2.29. The van der Waals surface area contributed by atoms with E-state index in [1.807, 2.05) is 0 Å². The van der Waals surface area contributed by atoms with Crippen LogP contribution in [0.2, 0.25) is 0 Å². The summed E-state index contributed by atoms with van der Waals surface area (Å²) in [5.74, 6) is -1.04. The second kappa shape index (κ2) is 7.93. The fraction of sp³-hybridized carbons (Fsp3) is 0.348. The molecule has 1 aliphatic rings. The van der Waals surface area contributed by atoms with Crippen molar-refractivity contribution in [3.63, 3.8) is 0 Å². The van der Waals surface area contributed by atoms with E-state index in [1.165, 1.54) is 25.1 Å². The zero-order valence-electron chi connectivity index (χ0n) is 16.2. The molecule has 0 spiro atoms. The standard InChI is InChI=1S/C23H23F3N2O/c1-13(29)27-18-9-14(10-18)3-2-4-19-20-11-17(25)12-21(26)23(20)28-22(19)15-5-7-16(24)8-6-15/h5-8,11-12,14,18,28H,2-4,9-10H2,1H3,(H,27,29). The highest BCUT2D eigenvalue weighted by Crippen LogP contribution is 2.36. The number of fused-ring (bicyclic) bond motifs is 1. The van der Waals surface area contributed by atoms with Gasteiger partial charge in [-0.3, -0.25) is 4.79 Å². The summed E-state index contributed by atoms with van der Waals surface area (Å²) in [6, 6.07) is 8.49. The summed E-state index contributed by atoms with van der Waals surface area (Å²) in [5, 5.41) is 3.46. The maximum Gasteiger partial charge on any atom is 0.217 e. The van der Waals surface area contributed by atoms with Crippen LogP contribution in [0.25, 0.3) is 22.2 Å². The molecule has 1 amide bonds. The third-order valence-corrected chi connectivity index (χ3v) is 5.75. The van der Waals surface area contributed by atoms with Gasteiger partial charge in [0.25, 0.3) is 0 Å². The fourth-order valence-electron chi connectivity index (χ4n) is 4.34. The number of halogens is 3. The van der Waals surface area contributed by atoms with Gasteiger partial charge in [0.05, 0.1) is 5.52 Å². The van der Waals surface area contributed by atoms with Gasteiger partial charge >= 0.3 is 0 Å². The summed E-state index contributed by atoms with van der Waals surface area (Å²) >= 11 is 0. The number of carbonyl (C=O) groups excluding carboxylic acids is 1. The molecule has 1 fully saturated rings. The molecular formula is C23H23F3N2O. The number of amides is 1. The van der Waals surface area contributed by atoms with E-state index in [2.05, 4.69) is 10.3 Å². The monoisotopic (exact) mass is 400 g/mol. The van der Waals surface area contributed by atoms with E-state index >= 15 is 0 Å². The Labute approximate surface area is 167 Å². The second-order valence-corrected chi connectivity index (χ2v) is 7.92. The molecular weight excluding hydrogens is 377 g/mol. The van der Waals surface area contributed by atoms with Crippen molar-refractivity contribution in [1.82, 2.24) is 10.3 Å². The molecule has 0 saturated heterocycles. The molecule has 1 saturated carbocycles. The van der Waals surface area contributed by atoms with Crippen LogP contribution in [0.4, 0.5) is 13.2 Å². The number of hydrogen-bond acceptors (Lipinski definition) is 1. The Kier molecular flexibility index (Phi) is 5.35. The molecule has 2 N–H and O–H groups in total. The summed E-state index contributed by atoms with van der Waals surface area (Å²) in [6.07, 6.45) is 4.47. The molecule has 0 bridgehead atoms. The number of aromatic nitrogens is 1. The van der Waals surface area contributed by atoms with Gasteiger partial charge in [0, 0.05) is 30.1 Å². The Hall–Kier alpha value is -2.76. The number of rotatable bonds is 6. The first-order chi connectivity index (χ1) is 13.9. The molecule has 1 aliphatic carbocycles. The average molecular weight is 400 g/mol. The van der Waals surface area contributed by atoms with E-state index < -0.39 is 11.6 Å². The lowest BCUT2D eigenvalue weighted by Crippen LogP contribution is -2.43. The first-order valence-electron chi connectivity index (χ1n) is 9.93. The Morgan fingerprint density at radius 2 is 1.83 bits per heavy atom. The highest BCUT2D eigenvalue weighted by molar-refractivity contribution is 5.91. The Morgan fingerprint density at radius 3 is 2.52 bits per heavy atom. The molecule has 4 rings (SSSR count). The number of carbonyl (C=O) groups is 1. The Bertz CT molecular complexity index is 1040. The van der Waals surface area contributed by atoms with Crippen molar-refractivity contribution < 1.29 is 18.0 Å². The number of hydrogen-bond donors (Lipinski definition) is 2. The highest BCUT2D eigenvalue weighted by atomic mass is 19.1. The van der Waals surface area contributed by atoms with Gasteiger partial charge in [-0.1, -0.05) is 0 Å². The molecule has 0 aliphatic heterocycles. The zero-order chi connectivity index (χ0) is 20.5. The number of aryl methyl sites for hydroxylation is 1. The van der Waals surface area contributed by atoms with Crippen LogP contribution in [0.3, 0.4) is 0 Å². The molecule has 29 heavy (non-hydrogen) atoms. The minimum atomic E-state index is -0.633. The predicted octanol–water partition coefficient (Wildman–Crippen LogP) is 5.49. The van der Waals surface area contributed by atoms with Crippen molar-refractivity contribution in [2.45, 2.75) is 45.1 Å². The quantitative estimate of drug-likeness (QED) is 0.565. The van der Waals surface area contributed by atoms with Crippen molar-refractivity contribution in [2.75, 3.05) is 0 Å².